The Morgan fingerprint density at radius 2 is 2.00 bits per heavy atom. The Labute approximate surface area is 144 Å². The van der Waals surface area contributed by atoms with Crippen LogP contribution in [0.15, 0.2) is 24.3 Å². The summed E-state index contributed by atoms with van der Waals surface area (Å²) < 4.78 is 0. The number of aliphatic hydroxyl groups excluding tert-OH is 1. The molecule has 1 aromatic carbocycles. The molecule has 0 spiro atoms. The van der Waals surface area contributed by atoms with Crippen LogP contribution in [0.25, 0.3) is 0 Å². The van der Waals surface area contributed by atoms with Gasteiger partial charge in [0.1, 0.15) is 0 Å². The van der Waals surface area contributed by atoms with E-state index in [4.69, 9.17) is 5.11 Å². The molecule has 5 heteroatoms. The van der Waals surface area contributed by atoms with Crippen LogP contribution in [0, 0.1) is 6.92 Å². The molecule has 1 aliphatic heterocycles. The molecule has 0 unspecified atom stereocenters. The third-order valence-electron chi connectivity index (χ3n) is 5.00. The number of carbonyl (C=O) groups is 1. The first kappa shape index (κ1) is 17.4. The van der Waals surface area contributed by atoms with Crippen molar-refractivity contribution in [3.8, 4) is 0 Å². The van der Waals surface area contributed by atoms with E-state index in [1.165, 1.54) is 11.1 Å². The number of aliphatic hydroxyl groups is 1. The van der Waals surface area contributed by atoms with E-state index in [9.17, 15) is 4.79 Å². The van der Waals surface area contributed by atoms with Gasteiger partial charge in [-0.15, -0.1) is 0 Å². The summed E-state index contributed by atoms with van der Waals surface area (Å²) in [5.74, 6) is 0.213. The van der Waals surface area contributed by atoms with Crippen LogP contribution in [0.3, 0.4) is 0 Å². The summed E-state index contributed by atoms with van der Waals surface area (Å²) in [5, 5.41) is 9.16. The zero-order chi connectivity index (χ0) is 16.9. The van der Waals surface area contributed by atoms with E-state index in [1.807, 2.05) is 4.90 Å². The lowest BCUT2D eigenvalue weighted by Gasteiger charge is -2.36. The normalized spacial score (nSPS) is 19.0. The van der Waals surface area contributed by atoms with Gasteiger partial charge in [0.05, 0.1) is 13.2 Å². The zero-order valence-corrected chi connectivity index (χ0v) is 14.7. The van der Waals surface area contributed by atoms with Crippen molar-refractivity contribution >= 4 is 5.91 Å². The zero-order valence-electron chi connectivity index (χ0n) is 14.7. The van der Waals surface area contributed by atoms with Crippen LogP contribution >= 0.6 is 0 Å². The highest BCUT2D eigenvalue weighted by molar-refractivity contribution is 5.78. The fourth-order valence-electron chi connectivity index (χ4n) is 3.46. The standard InChI is InChI=1S/C19H29N3O2/c1-16-3-2-4-17(13-16)14-20-7-9-21(10-8-20)19(24)15-22(11-12-23)18-5-6-18/h2-4,13,18,23H,5-12,14-15H2,1H3. The van der Waals surface area contributed by atoms with Gasteiger partial charge in [0.25, 0.3) is 0 Å². The molecule has 0 bridgehead atoms. The maximum Gasteiger partial charge on any atom is 0.236 e. The van der Waals surface area contributed by atoms with Crippen LogP contribution in [0.5, 0.6) is 0 Å². The summed E-state index contributed by atoms with van der Waals surface area (Å²) in [7, 11) is 0. The first-order valence-corrected chi connectivity index (χ1v) is 9.06. The summed E-state index contributed by atoms with van der Waals surface area (Å²) in [5.41, 5.74) is 2.64. The molecule has 24 heavy (non-hydrogen) atoms. The van der Waals surface area contributed by atoms with Gasteiger partial charge in [0.2, 0.25) is 5.91 Å². The molecule has 0 atom stereocenters. The number of amides is 1. The molecular weight excluding hydrogens is 302 g/mol. The number of piperazine rings is 1. The van der Waals surface area contributed by atoms with Crippen LogP contribution in [0.1, 0.15) is 24.0 Å². The monoisotopic (exact) mass is 331 g/mol. The van der Waals surface area contributed by atoms with Crippen molar-refractivity contribution in [2.24, 2.45) is 0 Å². The summed E-state index contributed by atoms with van der Waals surface area (Å²) >= 11 is 0. The number of hydrogen-bond donors (Lipinski definition) is 1. The van der Waals surface area contributed by atoms with Crippen molar-refractivity contribution < 1.29 is 9.90 Å². The van der Waals surface area contributed by atoms with Crippen LogP contribution < -0.4 is 0 Å². The van der Waals surface area contributed by atoms with E-state index in [0.29, 0.717) is 19.1 Å². The molecule has 0 aromatic heterocycles. The van der Waals surface area contributed by atoms with Gasteiger partial charge in [-0.2, -0.15) is 0 Å². The van der Waals surface area contributed by atoms with Crippen molar-refractivity contribution in [1.29, 1.82) is 0 Å². The lowest BCUT2D eigenvalue weighted by atomic mass is 10.1. The summed E-state index contributed by atoms with van der Waals surface area (Å²) in [6.45, 7) is 7.78. The summed E-state index contributed by atoms with van der Waals surface area (Å²) in [6.07, 6.45) is 2.33. The summed E-state index contributed by atoms with van der Waals surface area (Å²) in [4.78, 5) is 19.1. The van der Waals surface area contributed by atoms with Crippen LogP contribution in [0.4, 0.5) is 0 Å². The molecular formula is C19H29N3O2. The van der Waals surface area contributed by atoms with E-state index in [2.05, 4.69) is 41.0 Å². The smallest absolute Gasteiger partial charge is 0.236 e. The SMILES string of the molecule is Cc1cccc(CN2CCN(C(=O)CN(CCO)C3CC3)CC2)c1. The largest absolute Gasteiger partial charge is 0.395 e. The minimum Gasteiger partial charge on any atom is -0.395 e. The average molecular weight is 331 g/mol. The number of rotatable bonds is 7. The fraction of sp³-hybridized carbons (Fsp3) is 0.632. The molecule has 1 heterocycles. The second-order valence-electron chi connectivity index (χ2n) is 7.07. The Kier molecular flexibility index (Phi) is 5.87. The lowest BCUT2D eigenvalue weighted by Crippen LogP contribution is -2.51. The quantitative estimate of drug-likeness (QED) is 0.813. The topological polar surface area (TPSA) is 47.0 Å². The molecule has 0 radical (unpaired) electrons. The number of benzene rings is 1. The number of carbonyl (C=O) groups excluding carboxylic acids is 1. The van der Waals surface area contributed by atoms with E-state index in [-0.39, 0.29) is 12.5 Å². The van der Waals surface area contributed by atoms with Crippen molar-refractivity contribution in [2.75, 3.05) is 45.9 Å². The van der Waals surface area contributed by atoms with Gasteiger partial charge < -0.3 is 10.0 Å². The van der Waals surface area contributed by atoms with Crippen molar-refractivity contribution in [1.82, 2.24) is 14.7 Å². The van der Waals surface area contributed by atoms with E-state index < -0.39 is 0 Å². The third-order valence-corrected chi connectivity index (χ3v) is 5.00. The van der Waals surface area contributed by atoms with Crippen LogP contribution in [-0.2, 0) is 11.3 Å². The Morgan fingerprint density at radius 3 is 2.62 bits per heavy atom. The molecule has 2 fully saturated rings. The molecule has 1 aliphatic carbocycles. The Hall–Kier alpha value is -1.43. The van der Waals surface area contributed by atoms with Gasteiger partial charge in [-0.3, -0.25) is 14.6 Å². The Morgan fingerprint density at radius 1 is 1.25 bits per heavy atom. The van der Waals surface area contributed by atoms with Crippen LogP contribution in [-0.4, -0.2) is 77.6 Å². The predicted molar refractivity (Wildman–Crippen MR) is 94.7 cm³/mol. The van der Waals surface area contributed by atoms with Crippen molar-refractivity contribution in [3.63, 3.8) is 0 Å². The van der Waals surface area contributed by atoms with Crippen LogP contribution in [0.2, 0.25) is 0 Å². The first-order chi connectivity index (χ1) is 11.7. The van der Waals surface area contributed by atoms with Gasteiger partial charge in [-0.05, 0) is 25.3 Å². The molecule has 5 nitrogen and oxygen atoms in total. The third kappa shape index (κ3) is 4.79. The average Bonchev–Trinajstić information content (AvgIpc) is 3.40. The highest BCUT2D eigenvalue weighted by atomic mass is 16.3. The van der Waals surface area contributed by atoms with Crippen molar-refractivity contribution in [2.45, 2.75) is 32.4 Å². The van der Waals surface area contributed by atoms with Gasteiger partial charge >= 0.3 is 0 Å². The Bertz CT molecular complexity index is 551. The van der Waals surface area contributed by atoms with Gasteiger partial charge in [-0.1, -0.05) is 29.8 Å². The molecule has 132 valence electrons. The second-order valence-corrected chi connectivity index (χ2v) is 7.07. The Balaban J connectivity index is 1.45. The maximum atomic E-state index is 12.5. The predicted octanol–water partition coefficient (Wildman–Crippen LogP) is 1.10. The lowest BCUT2D eigenvalue weighted by molar-refractivity contribution is -0.134. The number of aryl methyl sites for hydroxylation is 1. The molecule has 1 saturated heterocycles. The fourth-order valence-corrected chi connectivity index (χ4v) is 3.46. The summed E-state index contributed by atoms with van der Waals surface area (Å²) in [6, 6.07) is 9.16. The highest BCUT2D eigenvalue weighted by Gasteiger charge is 2.31. The van der Waals surface area contributed by atoms with Gasteiger partial charge in [0.15, 0.2) is 0 Å². The van der Waals surface area contributed by atoms with E-state index >= 15 is 0 Å². The molecule has 1 aromatic rings. The molecule has 1 saturated carbocycles. The van der Waals surface area contributed by atoms with Gasteiger partial charge in [-0.25, -0.2) is 0 Å². The maximum absolute atomic E-state index is 12.5. The second kappa shape index (κ2) is 8.10. The number of nitrogens with zero attached hydrogens (tertiary/aromatic N) is 3. The van der Waals surface area contributed by atoms with Crippen molar-refractivity contribution in [3.05, 3.63) is 35.4 Å². The minimum atomic E-state index is 0.133. The van der Waals surface area contributed by atoms with E-state index in [1.54, 1.807) is 0 Å². The highest BCUT2D eigenvalue weighted by Crippen LogP contribution is 2.26. The molecule has 1 amide bonds. The number of hydrogen-bond acceptors (Lipinski definition) is 4. The first-order valence-electron chi connectivity index (χ1n) is 9.06. The van der Waals surface area contributed by atoms with E-state index in [0.717, 1.165) is 45.6 Å². The minimum absolute atomic E-state index is 0.133. The molecule has 2 aliphatic rings. The molecule has 3 rings (SSSR count). The van der Waals surface area contributed by atoms with Gasteiger partial charge in [0, 0.05) is 45.3 Å². The molecule has 1 N–H and O–H groups in total.